The third-order valence-corrected chi connectivity index (χ3v) is 4.00. The molecule has 1 aromatic carbocycles. The third-order valence-electron chi connectivity index (χ3n) is 3.47. The van der Waals surface area contributed by atoms with E-state index in [0.717, 1.165) is 24.0 Å². The van der Waals surface area contributed by atoms with E-state index in [2.05, 4.69) is 52.5 Å². The molecular weight excluding hydrogens is 368 g/mol. The number of halogens is 2. The molecule has 1 amide bonds. The molecular formula is C16H24BrClN2O2. The maximum Gasteiger partial charge on any atom is 0.222 e. The molecule has 124 valence electrons. The number of hydrogen-bond donors (Lipinski definition) is 2. The second-order valence-electron chi connectivity index (χ2n) is 6.17. The Bertz CT molecular complexity index is 474. The summed E-state index contributed by atoms with van der Waals surface area (Å²) in [7, 11) is 0. The number of carbonyl (C=O) groups is 1. The zero-order chi connectivity index (χ0) is 15.3. The first-order chi connectivity index (χ1) is 9.94. The van der Waals surface area contributed by atoms with E-state index < -0.39 is 0 Å². The molecule has 1 aliphatic heterocycles. The Morgan fingerprint density at radius 1 is 1.41 bits per heavy atom. The molecule has 1 atom stereocenters. The lowest BCUT2D eigenvalue weighted by Crippen LogP contribution is -2.49. The number of morpholine rings is 1. The van der Waals surface area contributed by atoms with E-state index in [9.17, 15) is 4.79 Å². The van der Waals surface area contributed by atoms with Crippen LogP contribution in [0.25, 0.3) is 0 Å². The molecule has 1 unspecified atom stereocenters. The normalized spacial score (nSPS) is 18.4. The van der Waals surface area contributed by atoms with Crippen molar-refractivity contribution in [2.75, 3.05) is 19.8 Å². The maximum absolute atomic E-state index is 12.2. The summed E-state index contributed by atoms with van der Waals surface area (Å²) in [6.07, 6.45) is 1.27. The highest BCUT2D eigenvalue weighted by Gasteiger charge is 2.23. The topological polar surface area (TPSA) is 50.4 Å². The van der Waals surface area contributed by atoms with Crippen LogP contribution in [0.5, 0.6) is 0 Å². The zero-order valence-corrected chi connectivity index (χ0v) is 15.4. The Morgan fingerprint density at radius 2 is 2.09 bits per heavy atom. The Labute approximate surface area is 146 Å². The third kappa shape index (κ3) is 6.65. The summed E-state index contributed by atoms with van der Waals surface area (Å²) >= 11 is 3.43. The predicted octanol–water partition coefficient (Wildman–Crippen LogP) is 2.69. The number of carbonyl (C=O) groups excluding carboxylic acids is 1. The van der Waals surface area contributed by atoms with Gasteiger partial charge >= 0.3 is 0 Å². The summed E-state index contributed by atoms with van der Waals surface area (Å²) in [5, 5.41) is 6.42. The van der Waals surface area contributed by atoms with Crippen LogP contribution in [0.15, 0.2) is 28.7 Å². The molecule has 6 heteroatoms. The van der Waals surface area contributed by atoms with Crippen LogP contribution < -0.4 is 10.6 Å². The highest BCUT2D eigenvalue weighted by molar-refractivity contribution is 9.10. The first kappa shape index (κ1) is 19.4. The number of rotatable bonds is 5. The maximum atomic E-state index is 12.2. The van der Waals surface area contributed by atoms with E-state index in [-0.39, 0.29) is 29.9 Å². The van der Waals surface area contributed by atoms with Gasteiger partial charge in [-0.2, -0.15) is 0 Å². The zero-order valence-electron chi connectivity index (χ0n) is 13.0. The molecule has 1 fully saturated rings. The SMILES string of the molecule is CC(C)(Cc1ccc(Br)cc1)NC(=O)CC1COCCN1.Cl. The molecule has 0 aromatic heterocycles. The van der Waals surface area contributed by atoms with Gasteiger partial charge in [0.25, 0.3) is 0 Å². The van der Waals surface area contributed by atoms with E-state index in [1.165, 1.54) is 5.56 Å². The molecule has 0 spiro atoms. The molecule has 0 saturated carbocycles. The van der Waals surface area contributed by atoms with Crippen molar-refractivity contribution in [3.63, 3.8) is 0 Å². The molecule has 4 nitrogen and oxygen atoms in total. The van der Waals surface area contributed by atoms with Crippen molar-refractivity contribution in [1.82, 2.24) is 10.6 Å². The fourth-order valence-corrected chi connectivity index (χ4v) is 2.82. The van der Waals surface area contributed by atoms with Crippen LogP contribution in [-0.4, -0.2) is 37.2 Å². The molecule has 0 bridgehead atoms. The molecule has 2 rings (SSSR count). The van der Waals surface area contributed by atoms with Gasteiger partial charge in [-0.3, -0.25) is 4.79 Å². The van der Waals surface area contributed by atoms with E-state index in [1.54, 1.807) is 0 Å². The lowest BCUT2D eigenvalue weighted by Gasteiger charge is -2.29. The van der Waals surface area contributed by atoms with E-state index >= 15 is 0 Å². The van der Waals surface area contributed by atoms with Gasteiger partial charge in [-0.15, -0.1) is 12.4 Å². The first-order valence-corrected chi connectivity index (χ1v) is 8.10. The minimum atomic E-state index is -0.263. The quantitative estimate of drug-likeness (QED) is 0.811. The van der Waals surface area contributed by atoms with E-state index in [1.807, 2.05) is 12.1 Å². The standard InChI is InChI=1S/C16H23BrN2O2.ClH/c1-16(2,10-12-3-5-13(17)6-4-12)19-15(20)9-14-11-21-8-7-18-14;/h3-6,14,18H,7-11H2,1-2H3,(H,19,20);1H. The van der Waals surface area contributed by atoms with Crippen molar-refractivity contribution in [3.05, 3.63) is 34.3 Å². The smallest absolute Gasteiger partial charge is 0.222 e. The molecule has 22 heavy (non-hydrogen) atoms. The fraction of sp³-hybridized carbons (Fsp3) is 0.562. The second kappa shape index (κ2) is 8.87. The van der Waals surface area contributed by atoms with Gasteiger partial charge < -0.3 is 15.4 Å². The minimum Gasteiger partial charge on any atom is -0.378 e. The lowest BCUT2D eigenvalue weighted by molar-refractivity contribution is -0.123. The summed E-state index contributed by atoms with van der Waals surface area (Å²) in [4.78, 5) is 12.2. The van der Waals surface area contributed by atoms with Crippen LogP contribution in [0, 0.1) is 0 Å². The largest absolute Gasteiger partial charge is 0.378 e. The fourth-order valence-electron chi connectivity index (χ4n) is 2.56. The summed E-state index contributed by atoms with van der Waals surface area (Å²) in [6.45, 7) is 6.27. The van der Waals surface area contributed by atoms with E-state index in [4.69, 9.17) is 4.74 Å². The van der Waals surface area contributed by atoms with Crippen LogP contribution in [0.4, 0.5) is 0 Å². The van der Waals surface area contributed by atoms with Crippen molar-refractivity contribution < 1.29 is 9.53 Å². The number of nitrogens with one attached hydrogen (secondary N) is 2. The molecule has 1 saturated heterocycles. The summed E-state index contributed by atoms with van der Waals surface area (Å²) in [5.74, 6) is 0.0695. The summed E-state index contributed by atoms with van der Waals surface area (Å²) < 4.78 is 6.44. The van der Waals surface area contributed by atoms with Crippen molar-refractivity contribution in [3.8, 4) is 0 Å². The molecule has 1 aliphatic rings. The molecule has 0 aliphatic carbocycles. The first-order valence-electron chi connectivity index (χ1n) is 7.31. The Hall–Kier alpha value is -0.620. The van der Waals surface area contributed by atoms with Gasteiger partial charge in [-0.1, -0.05) is 28.1 Å². The monoisotopic (exact) mass is 390 g/mol. The van der Waals surface area contributed by atoms with Crippen LogP contribution >= 0.6 is 28.3 Å². The van der Waals surface area contributed by atoms with Crippen LogP contribution in [0.3, 0.4) is 0 Å². The van der Waals surface area contributed by atoms with Crippen molar-refractivity contribution in [2.24, 2.45) is 0 Å². The second-order valence-corrected chi connectivity index (χ2v) is 7.08. The lowest BCUT2D eigenvalue weighted by atomic mass is 9.94. The van der Waals surface area contributed by atoms with Gasteiger partial charge in [0, 0.05) is 29.0 Å². The summed E-state index contributed by atoms with van der Waals surface area (Å²) in [6, 6.07) is 8.33. The number of hydrogen-bond acceptors (Lipinski definition) is 3. The van der Waals surface area contributed by atoms with Crippen molar-refractivity contribution in [2.45, 2.75) is 38.3 Å². The molecule has 2 N–H and O–H groups in total. The highest BCUT2D eigenvalue weighted by Crippen LogP contribution is 2.16. The van der Waals surface area contributed by atoms with Gasteiger partial charge in [-0.05, 0) is 38.0 Å². The van der Waals surface area contributed by atoms with Crippen LogP contribution in [-0.2, 0) is 16.0 Å². The van der Waals surface area contributed by atoms with Crippen molar-refractivity contribution >= 4 is 34.2 Å². The van der Waals surface area contributed by atoms with Gasteiger partial charge in [0.05, 0.1) is 13.2 Å². The van der Waals surface area contributed by atoms with Crippen LogP contribution in [0.2, 0.25) is 0 Å². The molecule has 1 heterocycles. The Kier molecular flexibility index (Phi) is 7.83. The highest BCUT2D eigenvalue weighted by atomic mass is 79.9. The summed E-state index contributed by atoms with van der Waals surface area (Å²) in [5.41, 5.74) is 0.947. The Morgan fingerprint density at radius 3 is 2.68 bits per heavy atom. The number of ether oxygens (including phenoxy) is 1. The molecule has 0 radical (unpaired) electrons. The van der Waals surface area contributed by atoms with Gasteiger partial charge in [-0.25, -0.2) is 0 Å². The van der Waals surface area contributed by atoms with Gasteiger partial charge in [0.15, 0.2) is 0 Å². The predicted molar refractivity (Wildman–Crippen MR) is 94.5 cm³/mol. The number of amides is 1. The van der Waals surface area contributed by atoms with Crippen LogP contribution in [0.1, 0.15) is 25.8 Å². The Balaban J connectivity index is 0.00000242. The number of benzene rings is 1. The van der Waals surface area contributed by atoms with Crippen molar-refractivity contribution in [1.29, 1.82) is 0 Å². The average Bonchev–Trinajstić information content (AvgIpc) is 2.41. The van der Waals surface area contributed by atoms with Gasteiger partial charge in [0.2, 0.25) is 5.91 Å². The molecule has 1 aromatic rings. The minimum absolute atomic E-state index is 0. The van der Waals surface area contributed by atoms with E-state index in [0.29, 0.717) is 13.0 Å². The van der Waals surface area contributed by atoms with Gasteiger partial charge in [0.1, 0.15) is 0 Å². The average molecular weight is 392 g/mol.